The highest BCUT2D eigenvalue weighted by molar-refractivity contribution is 6.32. The highest BCUT2D eigenvalue weighted by atomic mass is 35.5. The van der Waals surface area contributed by atoms with Gasteiger partial charge in [-0.1, -0.05) is 25.4 Å². The van der Waals surface area contributed by atoms with E-state index >= 15 is 0 Å². The summed E-state index contributed by atoms with van der Waals surface area (Å²) in [7, 11) is 1.61. The molecule has 0 saturated heterocycles. The molecule has 0 radical (unpaired) electrons. The summed E-state index contributed by atoms with van der Waals surface area (Å²) >= 11 is 6.11. The molecule has 0 fully saturated rings. The summed E-state index contributed by atoms with van der Waals surface area (Å²) in [5, 5.41) is 7.31. The average molecular weight is 363 g/mol. The highest BCUT2D eigenvalue weighted by Crippen LogP contribution is 2.27. The lowest BCUT2D eigenvalue weighted by Gasteiger charge is -2.11. The SMILES string of the molecule is COc1ccc(NCCNc2ccc(OCCC(C)C)cc2)cc1Cl. The Morgan fingerprint density at radius 3 is 2.20 bits per heavy atom. The lowest BCUT2D eigenvalue weighted by Crippen LogP contribution is -2.13. The number of ether oxygens (including phenoxy) is 2. The maximum atomic E-state index is 6.11. The van der Waals surface area contributed by atoms with Gasteiger partial charge in [0.05, 0.1) is 18.7 Å². The van der Waals surface area contributed by atoms with Crippen LogP contribution in [0.25, 0.3) is 0 Å². The van der Waals surface area contributed by atoms with Crippen molar-refractivity contribution in [2.75, 3.05) is 37.4 Å². The van der Waals surface area contributed by atoms with Crippen molar-refractivity contribution in [1.29, 1.82) is 0 Å². The van der Waals surface area contributed by atoms with Crippen molar-refractivity contribution in [3.8, 4) is 11.5 Å². The molecule has 136 valence electrons. The van der Waals surface area contributed by atoms with Gasteiger partial charge in [0.1, 0.15) is 11.5 Å². The van der Waals surface area contributed by atoms with Crippen LogP contribution >= 0.6 is 11.6 Å². The molecule has 0 unspecified atom stereocenters. The Bertz CT molecular complexity index is 645. The molecule has 0 aliphatic carbocycles. The van der Waals surface area contributed by atoms with Crippen LogP contribution in [0, 0.1) is 5.92 Å². The Hall–Kier alpha value is -2.07. The average Bonchev–Trinajstić information content (AvgIpc) is 2.60. The van der Waals surface area contributed by atoms with Gasteiger partial charge < -0.3 is 20.1 Å². The van der Waals surface area contributed by atoms with Crippen molar-refractivity contribution in [2.24, 2.45) is 5.92 Å². The van der Waals surface area contributed by atoms with Crippen LogP contribution in [0.4, 0.5) is 11.4 Å². The van der Waals surface area contributed by atoms with Crippen LogP contribution in [0.15, 0.2) is 42.5 Å². The summed E-state index contributed by atoms with van der Waals surface area (Å²) < 4.78 is 10.9. The third kappa shape index (κ3) is 6.75. The first-order valence-corrected chi connectivity index (χ1v) is 9.00. The molecule has 2 aromatic carbocycles. The van der Waals surface area contributed by atoms with E-state index in [1.54, 1.807) is 7.11 Å². The van der Waals surface area contributed by atoms with Crippen LogP contribution in [0.5, 0.6) is 11.5 Å². The van der Waals surface area contributed by atoms with Crippen molar-refractivity contribution in [2.45, 2.75) is 20.3 Å². The second-order valence-electron chi connectivity index (χ2n) is 6.26. The van der Waals surface area contributed by atoms with E-state index in [0.717, 1.165) is 43.2 Å². The van der Waals surface area contributed by atoms with Gasteiger partial charge in [0, 0.05) is 24.5 Å². The topological polar surface area (TPSA) is 42.5 Å². The van der Waals surface area contributed by atoms with Gasteiger partial charge in [-0.3, -0.25) is 0 Å². The van der Waals surface area contributed by atoms with Crippen LogP contribution in [0.3, 0.4) is 0 Å². The molecule has 0 saturated carbocycles. The maximum absolute atomic E-state index is 6.11. The first kappa shape index (κ1) is 19.3. The summed E-state index contributed by atoms with van der Waals surface area (Å²) in [5.74, 6) is 2.26. The van der Waals surface area contributed by atoms with Gasteiger partial charge in [0.25, 0.3) is 0 Å². The minimum absolute atomic E-state index is 0.605. The van der Waals surface area contributed by atoms with Crippen molar-refractivity contribution in [1.82, 2.24) is 0 Å². The molecule has 2 rings (SSSR count). The van der Waals surface area contributed by atoms with E-state index in [0.29, 0.717) is 16.7 Å². The third-order valence-electron chi connectivity index (χ3n) is 3.75. The Morgan fingerprint density at radius 2 is 1.60 bits per heavy atom. The number of rotatable bonds is 10. The molecule has 0 bridgehead atoms. The van der Waals surface area contributed by atoms with E-state index in [-0.39, 0.29) is 0 Å². The normalized spacial score (nSPS) is 10.6. The summed E-state index contributed by atoms with van der Waals surface area (Å²) in [6.07, 6.45) is 1.07. The first-order chi connectivity index (χ1) is 12.1. The van der Waals surface area contributed by atoms with Gasteiger partial charge in [-0.2, -0.15) is 0 Å². The third-order valence-corrected chi connectivity index (χ3v) is 4.05. The number of benzene rings is 2. The summed E-state index contributed by atoms with van der Waals surface area (Å²) in [4.78, 5) is 0. The fourth-order valence-corrected chi connectivity index (χ4v) is 2.53. The van der Waals surface area contributed by atoms with Gasteiger partial charge in [0.2, 0.25) is 0 Å². The zero-order valence-corrected chi connectivity index (χ0v) is 15.9. The van der Waals surface area contributed by atoms with Crippen LogP contribution in [0.2, 0.25) is 5.02 Å². The molecular formula is C20H27ClN2O2. The number of anilines is 2. The van der Waals surface area contributed by atoms with Crippen molar-refractivity contribution in [3.05, 3.63) is 47.5 Å². The minimum Gasteiger partial charge on any atom is -0.495 e. The molecule has 0 spiro atoms. The van der Waals surface area contributed by atoms with Gasteiger partial charge in [-0.25, -0.2) is 0 Å². The second-order valence-corrected chi connectivity index (χ2v) is 6.67. The fourth-order valence-electron chi connectivity index (χ4n) is 2.27. The second kappa shape index (κ2) is 10.0. The Balaban J connectivity index is 1.70. The molecule has 25 heavy (non-hydrogen) atoms. The number of nitrogens with one attached hydrogen (secondary N) is 2. The van der Waals surface area contributed by atoms with Crippen LogP contribution < -0.4 is 20.1 Å². The van der Waals surface area contributed by atoms with Crippen LogP contribution in [-0.2, 0) is 0 Å². The quantitative estimate of drug-likeness (QED) is 0.563. The van der Waals surface area contributed by atoms with Gasteiger partial charge in [-0.15, -0.1) is 0 Å². The molecule has 0 atom stereocenters. The Morgan fingerprint density at radius 1 is 0.960 bits per heavy atom. The lowest BCUT2D eigenvalue weighted by molar-refractivity contribution is 0.289. The number of hydrogen-bond acceptors (Lipinski definition) is 4. The zero-order chi connectivity index (χ0) is 18.1. The molecular weight excluding hydrogens is 336 g/mol. The van der Waals surface area contributed by atoms with Crippen molar-refractivity contribution >= 4 is 23.0 Å². The summed E-state index contributed by atoms with van der Waals surface area (Å²) in [6, 6.07) is 13.7. The van der Waals surface area contributed by atoms with Gasteiger partial charge >= 0.3 is 0 Å². The summed E-state index contributed by atoms with van der Waals surface area (Å²) in [5.41, 5.74) is 2.05. The van der Waals surface area contributed by atoms with Gasteiger partial charge in [-0.05, 0) is 54.8 Å². The molecule has 2 aromatic rings. The van der Waals surface area contributed by atoms with E-state index < -0.39 is 0 Å². The smallest absolute Gasteiger partial charge is 0.137 e. The molecule has 0 aliphatic rings. The molecule has 0 amide bonds. The van der Waals surface area contributed by atoms with Crippen LogP contribution in [-0.4, -0.2) is 26.8 Å². The Kier molecular flexibility index (Phi) is 7.74. The van der Waals surface area contributed by atoms with E-state index in [1.165, 1.54) is 0 Å². The molecule has 0 heterocycles. The van der Waals surface area contributed by atoms with E-state index in [9.17, 15) is 0 Å². The van der Waals surface area contributed by atoms with Crippen molar-refractivity contribution < 1.29 is 9.47 Å². The molecule has 5 heteroatoms. The monoisotopic (exact) mass is 362 g/mol. The largest absolute Gasteiger partial charge is 0.495 e. The Labute approximate surface area is 155 Å². The van der Waals surface area contributed by atoms with E-state index in [1.807, 2.05) is 42.5 Å². The van der Waals surface area contributed by atoms with Gasteiger partial charge in [0.15, 0.2) is 0 Å². The lowest BCUT2D eigenvalue weighted by atomic mass is 10.1. The van der Waals surface area contributed by atoms with E-state index in [2.05, 4.69) is 24.5 Å². The first-order valence-electron chi connectivity index (χ1n) is 8.62. The molecule has 4 nitrogen and oxygen atoms in total. The highest BCUT2D eigenvalue weighted by Gasteiger charge is 2.01. The zero-order valence-electron chi connectivity index (χ0n) is 15.1. The van der Waals surface area contributed by atoms with Crippen molar-refractivity contribution in [3.63, 3.8) is 0 Å². The number of halogens is 1. The minimum atomic E-state index is 0.605. The predicted octanol–water partition coefficient (Wildman–Crippen LogP) is 5.30. The fraction of sp³-hybridized carbons (Fsp3) is 0.400. The number of methoxy groups -OCH3 is 1. The molecule has 2 N–H and O–H groups in total. The number of hydrogen-bond donors (Lipinski definition) is 2. The van der Waals surface area contributed by atoms with Crippen LogP contribution in [0.1, 0.15) is 20.3 Å². The maximum Gasteiger partial charge on any atom is 0.137 e. The summed E-state index contributed by atoms with van der Waals surface area (Å²) in [6.45, 7) is 6.75. The molecule has 0 aromatic heterocycles. The standard InChI is InChI=1S/C20H27ClN2O2/c1-15(2)10-13-25-18-7-4-16(5-8-18)22-11-12-23-17-6-9-20(24-3)19(21)14-17/h4-9,14-15,22-23H,10-13H2,1-3H3. The molecule has 0 aliphatic heterocycles. The predicted molar refractivity (Wildman–Crippen MR) is 106 cm³/mol. The van der Waals surface area contributed by atoms with E-state index in [4.69, 9.17) is 21.1 Å².